The van der Waals surface area contributed by atoms with E-state index in [0.717, 1.165) is 0 Å². The predicted octanol–water partition coefficient (Wildman–Crippen LogP) is 2.27. The minimum atomic E-state index is -0.693. The summed E-state index contributed by atoms with van der Waals surface area (Å²) in [5.41, 5.74) is 0.149. The summed E-state index contributed by atoms with van der Waals surface area (Å²) in [6.45, 7) is 0. The van der Waals surface area contributed by atoms with E-state index < -0.39 is 11.8 Å². The van der Waals surface area contributed by atoms with Crippen LogP contribution in [0, 0.1) is 5.82 Å². The fourth-order valence-corrected chi connectivity index (χ4v) is 1.16. The molecule has 3 nitrogen and oxygen atoms in total. The molecule has 0 aromatic heterocycles. The van der Waals surface area contributed by atoms with Crippen LogP contribution in [0.25, 0.3) is 0 Å². The lowest BCUT2D eigenvalue weighted by Gasteiger charge is -2.05. The molecule has 0 aliphatic rings. The van der Waals surface area contributed by atoms with E-state index >= 15 is 0 Å². The van der Waals surface area contributed by atoms with E-state index in [1.165, 1.54) is 26.4 Å². The molecule has 0 bridgehead atoms. The first-order valence-electron chi connectivity index (χ1n) is 3.71. The highest BCUT2D eigenvalue weighted by atomic mass is 35.5. The van der Waals surface area contributed by atoms with Crippen LogP contribution in [0.4, 0.5) is 4.39 Å². The molecular weight excluding hydrogens is 211 g/mol. The predicted molar refractivity (Wildman–Crippen MR) is 49.3 cm³/mol. The van der Waals surface area contributed by atoms with Crippen LogP contribution in [-0.2, 0) is 4.74 Å². The number of rotatable bonds is 2. The zero-order valence-corrected chi connectivity index (χ0v) is 8.39. The van der Waals surface area contributed by atoms with Gasteiger partial charge in [0.15, 0.2) is 11.6 Å². The molecule has 0 aliphatic heterocycles. The van der Waals surface area contributed by atoms with Gasteiger partial charge in [-0.2, -0.15) is 0 Å². The largest absolute Gasteiger partial charge is 0.494 e. The molecule has 0 spiro atoms. The molecule has 76 valence electrons. The van der Waals surface area contributed by atoms with Crippen molar-refractivity contribution >= 4 is 17.6 Å². The Morgan fingerprint density at radius 2 is 2.07 bits per heavy atom. The first kappa shape index (κ1) is 10.8. The maximum atomic E-state index is 13.1. The molecule has 1 aromatic rings. The summed E-state index contributed by atoms with van der Waals surface area (Å²) in [5.74, 6) is -1.37. The Morgan fingerprint density at radius 1 is 1.43 bits per heavy atom. The second-order valence-corrected chi connectivity index (χ2v) is 2.87. The van der Waals surface area contributed by atoms with Gasteiger partial charge in [0.2, 0.25) is 0 Å². The first-order chi connectivity index (χ1) is 6.60. The Bertz CT molecular complexity index is 365. The van der Waals surface area contributed by atoms with Crippen molar-refractivity contribution in [2.24, 2.45) is 0 Å². The highest BCUT2D eigenvalue weighted by Gasteiger charge is 2.14. The average Bonchev–Trinajstić information content (AvgIpc) is 2.20. The molecule has 0 radical (unpaired) electrons. The van der Waals surface area contributed by atoms with Crippen LogP contribution in [0.15, 0.2) is 12.1 Å². The van der Waals surface area contributed by atoms with Gasteiger partial charge in [-0.05, 0) is 12.1 Å². The molecule has 0 fully saturated rings. The van der Waals surface area contributed by atoms with Crippen molar-refractivity contribution in [1.82, 2.24) is 0 Å². The number of methoxy groups -OCH3 is 2. The number of halogens is 2. The molecule has 14 heavy (non-hydrogen) atoms. The molecule has 0 amide bonds. The number of esters is 1. The Balaban J connectivity index is 3.22. The Hall–Kier alpha value is -1.29. The van der Waals surface area contributed by atoms with E-state index in [-0.39, 0.29) is 16.3 Å². The summed E-state index contributed by atoms with van der Waals surface area (Å²) in [6.07, 6.45) is 0. The lowest BCUT2D eigenvalue weighted by Crippen LogP contribution is -2.02. The van der Waals surface area contributed by atoms with Gasteiger partial charge in [-0.3, -0.25) is 0 Å². The van der Waals surface area contributed by atoms with Crippen molar-refractivity contribution in [2.75, 3.05) is 14.2 Å². The van der Waals surface area contributed by atoms with E-state index in [0.29, 0.717) is 0 Å². The zero-order valence-electron chi connectivity index (χ0n) is 7.64. The van der Waals surface area contributed by atoms with Crippen LogP contribution >= 0.6 is 11.6 Å². The number of hydrogen-bond acceptors (Lipinski definition) is 3. The van der Waals surface area contributed by atoms with E-state index in [9.17, 15) is 9.18 Å². The van der Waals surface area contributed by atoms with E-state index in [1.807, 2.05) is 0 Å². The molecular formula is C9H8ClFO3. The summed E-state index contributed by atoms with van der Waals surface area (Å²) < 4.78 is 22.3. The summed E-state index contributed by atoms with van der Waals surface area (Å²) >= 11 is 5.54. The smallest absolute Gasteiger partial charge is 0.338 e. The molecule has 1 rings (SSSR count). The third kappa shape index (κ3) is 1.96. The van der Waals surface area contributed by atoms with Gasteiger partial charge in [-0.1, -0.05) is 11.6 Å². The van der Waals surface area contributed by atoms with E-state index in [1.54, 1.807) is 0 Å². The number of hydrogen-bond donors (Lipinski definition) is 0. The standard InChI is InChI=1S/C9H8ClFO3/c1-13-7-4-5(9(12)14-2)3-6(10)8(7)11/h3-4H,1-2H3. The normalized spacial score (nSPS) is 9.71. The summed E-state index contributed by atoms with van der Waals surface area (Å²) in [6, 6.07) is 2.41. The van der Waals surface area contributed by atoms with Gasteiger partial charge in [0.25, 0.3) is 0 Å². The summed E-state index contributed by atoms with van der Waals surface area (Å²) in [5, 5.41) is -0.176. The Labute approximate surface area is 85.4 Å². The molecule has 1 aromatic carbocycles. The third-order valence-corrected chi connectivity index (χ3v) is 1.91. The van der Waals surface area contributed by atoms with Crippen molar-refractivity contribution < 1.29 is 18.7 Å². The highest BCUT2D eigenvalue weighted by molar-refractivity contribution is 6.31. The molecule has 0 saturated heterocycles. The van der Waals surface area contributed by atoms with Gasteiger partial charge < -0.3 is 9.47 Å². The molecule has 0 aliphatic carbocycles. The maximum Gasteiger partial charge on any atom is 0.338 e. The SMILES string of the molecule is COC(=O)c1cc(Cl)c(F)c(OC)c1. The number of carbonyl (C=O) groups excluding carboxylic acids is 1. The van der Waals surface area contributed by atoms with Gasteiger partial charge in [0.1, 0.15) is 0 Å². The zero-order chi connectivity index (χ0) is 10.7. The lowest BCUT2D eigenvalue weighted by molar-refractivity contribution is 0.0600. The van der Waals surface area contributed by atoms with Crippen LogP contribution < -0.4 is 4.74 Å². The average molecular weight is 219 g/mol. The second-order valence-electron chi connectivity index (χ2n) is 2.47. The van der Waals surface area contributed by atoms with Gasteiger partial charge in [-0.25, -0.2) is 9.18 Å². The van der Waals surface area contributed by atoms with Crippen molar-refractivity contribution in [2.45, 2.75) is 0 Å². The second kappa shape index (κ2) is 4.28. The minimum absolute atomic E-state index is 0.0853. The summed E-state index contributed by atoms with van der Waals surface area (Å²) in [4.78, 5) is 11.1. The van der Waals surface area contributed by atoms with Crippen molar-refractivity contribution in [3.63, 3.8) is 0 Å². The molecule has 0 N–H and O–H groups in total. The highest BCUT2D eigenvalue weighted by Crippen LogP contribution is 2.26. The van der Waals surface area contributed by atoms with E-state index in [2.05, 4.69) is 4.74 Å². The van der Waals surface area contributed by atoms with Crippen LogP contribution in [-0.4, -0.2) is 20.2 Å². The Kier molecular flexibility index (Phi) is 3.30. The van der Waals surface area contributed by atoms with Crippen LogP contribution in [0.3, 0.4) is 0 Å². The fourth-order valence-electron chi connectivity index (χ4n) is 0.948. The lowest BCUT2D eigenvalue weighted by atomic mass is 10.2. The van der Waals surface area contributed by atoms with Gasteiger partial charge in [0, 0.05) is 0 Å². The van der Waals surface area contributed by atoms with Crippen LogP contribution in [0.1, 0.15) is 10.4 Å². The summed E-state index contributed by atoms with van der Waals surface area (Å²) in [7, 11) is 2.52. The van der Waals surface area contributed by atoms with Crippen molar-refractivity contribution in [1.29, 1.82) is 0 Å². The molecule has 5 heteroatoms. The number of benzene rings is 1. The van der Waals surface area contributed by atoms with Gasteiger partial charge in [-0.15, -0.1) is 0 Å². The van der Waals surface area contributed by atoms with Crippen LogP contribution in [0.2, 0.25) is 5.02 Å². The van der Waals surface area contributed by atoms with Crippen molar-refractivity contribution in [3.05, 3.63) is 28.5 Å². The first-order valence-corrected chi connectivity index (χ1v) is 4.09. The third-order valence-electron chi connectivity index (χ3n) is 1.64. The van der Waals surface area contributed by atoms with E-state index in [4.69, 9.17) is 16.3 Å². The number of carbonyl (C=O) groups is 1. The van der Waals surface area contributed by atoms with Gasteiger partial charge >= 0.3 is 5.97 Å². The molecule has 0 atom stereocenters. The quantitative estimate of drug-likeness (QED) is 0.715. The minimum Gasteiger partial charge on any atom is -0.494 e. The Morgan fingerprint density at radius 3 is 2.57 bits per heavy atom. The fraction of sp³-hybridized carbons (Fsp3) is 0.222. The molecule has 0 heterocycles. The topological polar surface area (TPSA) is 35.5 Å². The maximum absolute atomic E-state index is 13.1. The molecule has 0 saturated carbocycles. The monoisotopic (exact) mass is 218 g/mol. The number of ether oxygens (including phenoxy) is 2. The van der Waals surface area contributed by atoms with Crippen LogP contribution in [0.5, 0.6) is 5.75 Å². The van der Waals surface area contributed by atoms with Gasteiger partial charge in [0.05, 0.1) is 24.8 Å². The van der Waals surface area contributed by atoms with Crippen molar-refractivity contribution in [3.8, 4) is 5.75 Å². The molecule has 0 unspecified atom stereocenters.